The summed E-state index contributed by atoms with van der Waals surface area (Å²) in [5, 5.41) is 2.76. The first-order valence-electron chi connectivity index (χ1n) is 5.53. The molecule has 0 aliphatic heterocycles. The van der Waals surface area contributed by atoms with E-state index in [9.17, 15) is 4.39 Å². The lowest BCUT2D eigenvalue weighted by Gasteiger charge is -2.07. The number of anilines is 1. The van der Waals surface area contributed by atoms with Crippen molar-refractivity contribution >= 4 is 5.95 Å². The Morgan fingerprint density at radius 1 is 1.33 bits per heavy atom. The van der Waals surface area contributed by atoms with Crippen molar-refractivity contribution in [2.24, 2.45) is 0 Å². The SMILES string of the molecule is CCOc1cncc(-c2nc(NC)ncc2F)c1. The first-order valence-corrected chi connectivity index (χ1v) is 5.53. The normalized spacial score (nSPS) is 10.2. The predicted octanol–water partition coefficient (Wildman–Crippen LogP) is 2.12. The van der Waals surface area contributed by atoms with E-state index in [1.54, 1.807) is 19.3 Å². The predicted molar refractivity (Wildman–Crippen MR) is 65.9 cm³/mol. The zero-order chi connectivity index (χ0) is 13.0. The van der Waals surface area contributed by atoms with Gasteiger partial charge in [0.05, 0.1) is 19.0 Å². The van der Waals surface area contributed by atoms with Crippen LogP contribution in [-0.2, 0) is 0 Å². The molecule has 0 saturated carbocycles. The number of hydrogen-bond acceptors (Lipinski definition) is 5. The van der Waals surface area contributed by atoms with Crippen molar-refractivity contribution in [1.82, 2.24) is 15.0 Å². The maximum Gasteiger partial charge on any atom is 0.223 e. The maximum absolute atomic E-state index is 13.7. The lowest BCUT2D eigenvalue weighted by molar-refractivity contribution is 0.339. The van der Waals surface area contributed by atoms with Gasteiger partial charge in [-0.3, -0.25) is 4.98 Å². The van der Waals surface area contributed by atoms with Crippen molar-refractivity contribution in [3.63, 3.8) is 0 Å². The van der Waals surface area contributed by atoms with E-state index in [-0.39, 0.29) is 5.69 Å². The van der Waals surface area contributed by atoms with Gasteiger partial charge < -0.3 is 10.1 Å². The molecule has 18 heavy (non-hydrogen) atoms. The minimum atomic E-state index is -0.496. The monoisotopic (exact) mass is 248 g/mol. The summed E-state index contributed by atoms with van der Waals surface area (Å²) < 4.78 is 19.0. The second kappa shape index (κ2) is 5.39. The van der Waals surface area contributed by atoms with Crippen molar-refractivity contribution < 1.29 is 9.13 Å². The van der Waals surface area contributed by atoms with Crippen LogP contribution in [0.5, 0.6) is 5.75 Å². The summed E-state index contributed by atoms with van der Waals surface area (Å²) >= 11 is 0. The maximum atomic E-state index is 13.7. The number of pyridine rings is 1. The van der Waals surface area contributed by atoms with Crippen LogP contribution in [-0.4, -0.2) is 28.6 Å². The van der Waals surface area contributed by atoms with E-state index in [1.165, 1.54) is 6.20 Å². The van der Waals surface area contributed by atoms with Crippen LogP contribution in [0.25, 0.3) is 11.3 Å². The second-order valence-corrected chi connectivity index (χ2v) is 3.48. The van der Waals surface area contributed by atoms with Crippen LogP contribution in [0.1, 0.15) is 6.92 Å². The van der Waals surface area contributed by atoms with Gasteiger partial charge in [0.15, 0.2) is 5.82 Å². The van der Waals surface area contributed by atoms with Gasteiger partial charge in [-0.05, 0) is 13.0 Å². The van der Waals surface area contributed by atoms with E-state index < -0.39 is 5.82 Å². The average molecular weight is 248 g/mol. The third-order valence-electron chi connectivity index (χ3n) is 2.27. The number of nitrogens with one attached hydrogen (secondary N) is 1. The van der Waals surface area contributed by atoms with Crippen LogP contribution < -0.4 is 10.1 Å². The molecular formula is C12H13FN4O. The number of rotatable bonds is 4. The molecule has 0 saturated heterocycles. The molecule has 0 amide bonds. The molecule has 1 N–H and O–H groups in total. The third-order valence-corrected chi connectivity index (χ3v) is 2.27. The summed E-state index contributed by atoms with van der Waals surface area (Å²) in [6.45, 7) is 2.40. The van der Waals surface area contributed by atoms with E-state index in [1.807, 2.05) is 6.92 Å². The molecule has 0 atom stereocenters. The van der Waals surface area contributed by atoms with Crippen molar-refractivity contribution in [2.75, 3.05) is 19.0 Å². The highest BCUT2D eigenvalue weighted by Gasteiger charge is 2.10. The molecule has 2 heterocycles. The highest BCUT2D eigenvalue weighted by atomic mass is 19.1. The van der Waals surface area contributed by atoms with Crippen LogP contribution in [0.4, 0.5) is 10.3 Å². The van der Waals surface area contributed by atoms with E-state index in [2.05, 4.69) is 20.3 Å². The highest BCUT2D eigenvalue weighted by molar-refractivity contribution is 5.61. The topological polar surface area (TPSA) is 59.9 Å². The van der Waals surface area contributed by atoms with Gasteiger partial charge in [0.2, 0.25) is 5.95 Å². The quantitative estimate of drug-likeness (QED) is 0.898. The van der Waals surface area contributed by atoms with Crippen LogP contribution >= 0.6 is 0 Å². The van der Waals surface area contributed by atoms with Crippen molar-refractivity contribution in [3.8, 4) is 17.0 Å². The molecule has 0 aliphatic rings. The summed E-state index contributed by atoms with van der Waals surface area (Å²) in [5.41, 5.74) is 0.751. The largest absolute Gasteiger partial charge is 0.492 e. The zero-order valence-corrected chi connectivity index (χ0v) is 10.1. The molecule has 0 unspecified atom stereocenters. The third kappa shape index (κ3) is 2.53. The Labute approximate surface area is 104 Å². The van der Waals surface area contributed by atoms with E-state index in [4.69, 9.17) is 4.74 Å². The minimum Gasteiger partial charge on any atom is -0.492 e. The molecule has 2 aromatic rings. The number of ether oxygens (including phenoxy) is 1. The number of halogens is 1. The molecule has 0 radical (unpaired) electrons. The summed E-state index contributed by atoms with van der Waals surface area (Å²) in [4.78, 5) is 11.9. The Bertz CT molecular complexity index is 547. The molecule has 2 aromatic heterocycles. The molecule has 2 rings (SSSR count). The van der Waals surface area contributed by atoms with Crippen LogP contribution in [0.15, 0.2) is 24.7 Å². The average Bonchev–Trinajstić information content (AvgIpc) is 2.40. The molecule has 5 nitrogen and oxygen atoms in total. The molecule has 0 aromatic carbocycles. The van der Waals surface area contributed by atoms with Crippen molar-refractivity contribution in [3.05, 3.63) is 30.5 Å². The smallest absolute Gasteiger partial charge is 0.223 e. The van der Waals surface area contributed by atoms with Crippen molar-refractivity contribution in [1.29, 1.82) is 0 Å². The van der Waals surface area contributed by atoms with Gasteiger partial charge in [-0.1, -0.05) is 0 Å². The van der Waals surface area contributed by atoms with Gasteiger partial charge in [0.25, 0.3) is 0 Å². The van der Waals surface area contributed by atoms with Crippen LogP contribution in [0.3, 0.4) is 0 Å². The zero-order valence-electron chi connectivity index (χ0n) is 10.1. The van der Waals surface area contributed by atoms with E-state index >= 15 is 0 Å². The van der Waals surface area contributed by atoms with Gasteiger partial charge in [-0.2, -0.15) is 0 Å². The first-order chi connectivity index (χ1) is 8.74. The van der Waals surface area contributed by atoms with E-state index in [0.29, 0.717) is 23.9 Å². The first kappa shape index (κ1) is 12.2. The molecule has 0 aliphatic carbocycles. The fourth-order valence-corrected chi connectivity index (χ4v) is 1.48. The van der Waals surface area contributed by atoms with Gasteiger partial charge in [-0.25, -0.2) is 14.4 Å². The molecular weight excluding hydrogens is 235 g/mol. The number of nitrogens with zero attached hydrogens (tertiary/aromatic N) is 3. The fraction of sp³-hybridized carbons (Fsp3) is 0.250. The summed E-state index contributed by atoms with van der Waals surface area (Å²) in [7, 11) is 1.67. The van der Waals surface area contributed by atoms with Crippen molar-refractivity contribution in [2.45, 2.75) is 6.92 Å². The fourth-order valence-electron chi connectivity index (χ4n) is 1.48. The lowest BCUT2D eigenvalue weighted by Crippen LogP contribution is -2.00. The standard InChI is InChI=1S/C12H13FN4O/c1-3-18-9-4-8(5-15-6-9)11-10(13)7-16-12(14-2)17-11/h4-7H,3H2,1-2H3,(H,14,16,17). The minimum absolute atomic E-state index is 0.198. The molecule has 94 valence electrons. The Morgan fingerprint density at radius 2 is 2.17 bits per heavy atom. The number of aromatic nitrogens is 3. The van der Waals surface area contributed by atoms with Crippen LogP contribution in [0.2, 0.25) is 0 Å². The van der Waals surface area contributed by atoms with Gasteiger partial charge in [0.1, 0.15) is 11.4 Å². The van der Waals surface area contributed by atoms with E-state index in [0.717, 1.165) is 6.20 Å². The summed E-state index contributed by atoms with van der Waals surface area (Å²) in [5.74, 6) is 0.441. The van der Waals surface area contributed by atoms with Crippen LogP contribution in [0, 0.1) is 5.82 Å². The highest BCUT2D eigenvalue weighted by Crippen LogP contribution is 2.23. The Morgan fingerprint density at radius 3 is 2.89 bits per heavy atom. The molecule has 6 heteroatoms. The van der Waals surface area contributed by atoms with Gasteiger partial charge in [-0.15, -0.1) is 0 Å². The Kier molecular flexibility index (Phi) is 3.66. The molecule has 0 bridgehead atoms. The molecule has 0 fully saturated rings. The summed E-state index contributed by atoms with van der Waals surface area (Å²) in [6.07, 6.45) is 4.24. The lowest BCUT2D eigenvalue weighted by atomic mass is 10.2. The summed E-state index contributed by atoms with van der Waals surface area (Å²) in [6, 6.07) is 1.70. The molecule has 0 spiro atoms. The Hall–Kier alpha value is -2.24. The van der Waals surface area contributed by atoms with Gasteiger partial charge in [0, 0.05) is 18.8 Å². The second-order valence-electron chi connectivity index (χ2n) is 3.48. The van der Waals surface area contributed by atoms with Gasteiger partial charge >= 0.3 is 0 Å². The number of hydrogen-bond donors (Lipinski definition) is 1. The Balaban J connectivity index is 2.44.